The molecule has 1 amide bonds. The summed E-state index contributed by atoms with van der Waals surface area (Å²) in [7, 11) is 0. The number of carbonyl (C=O) groups excluding carboxylic acids is 1. The molecule has 0 radical (unpaired) electrons. The topological polar surface area (TPSA) is 110 Å². The van der Waals surface area contributed by atoms with E-state index in [1.54, 1.807) is 12.4 Å². The summed E-state index contributed by atoms with van der Waals surface area (Å²) < 4.78 is 27.6. The molecule has 1 atom stereocenters. The molecule has 1 aromatic carbocycles. The number of thiazole rings is 1. The first-order chi connectivity index (χ1) is 14.4. The summed E-state index contributed by atoms with van der Waals surface area (Å²) >= 11 is 0.918. The van der Waals surface area contributed by atoms with E-state index in [1.165, 1.54) is 12.1 Å². The Hall–Kier alpha value is -3.11. The van der Waals surface area contributed by atoms with Gasteiger partial charge in [0.2, 0.25) is 0 Å². The normalized spacial score (nSPS) is 16.5. The van der Waals surface area contributed by atoms with Crippen LogP contribution in [0, 0.1) is 11.6 Å². The molecule has 156 valence electrons. The van der Waals surface area contributed by atoms with Crippen LogP contribution in [0.4, 0.5) is 25.2 Å². The van der Waals surface area contributed by atoms with Crippen LogP contribution in [0.15, 0.2) is 36.7 Å². The van der Waals surface area contributed by atoms with Gasteiger partial charge in [-0.25, -0.2) is 13.8 Å². The first-order valence-electron chi connectivity index (χ1n) is 9.40. The highest BCUT2D eigenvalue weighted by Crippen LogP contribution is 2.33. The molecule has 7 nitrogen and oxygen atoms in total. The number of halogens is 2. The van der Waals surface area contributed by atoms with Crippen LogP contribution in [-0.4, -0.2) is 35.0 Å². The van der Waals surface area contributed by atoms with Gasteiger partial charge in [0.05, 0.1) is 17.6 Å². The van der Waals surface area contributed by atoms with Crippen LogP contribution in [0.1, 0.15) is 23.3 Å². The maximum Gasteiger partial charge on any atom is 0.277 e. The average molecular weight is 430 g/mol. The zero-order valence-corrected chi connectivity index (χ0v) is 16.8. The predicted molar refractivity (Wildman–Crippen MR) is 113 cm³/mol. The highest BCUT2D eigenvalue weighted by molar-refractivity contribution is 7.19. The number of anilines is 3. The second-order valence-corrected chi connectivity index (χ2v) is 8.06. The highest BCUT2D eigenvalue weighted by Gasteiger charge is 2.23. The number of hydrogen-bond donors (Lipinski definition) is 3. The lowest BCUT2D eigenvalue weighted by Crippen LogP contribution is -2.43. The minimum Gasteiger partial charge on any atom is -0.389 e. The van der Waals surface area contributed by atoms with Crippen LogP contribution in [0.2, 0.25) is 0 Å². The van der Waals surface area contributed by atoms with Crippen molar-refractivity contribution in [2.45, 2.75) is 18.9 Å². The lowest BCUT2D eigenvalue weighted by Gasteiger charge is -2.33. The van der Waals surface area contributed by atoms with Crippen molar-refractivity contribution in [1.29, 1.82) is 0 Å². The lowest BCUT2D eigenvalue weighted by atomic mass is 10.1. The summed E-state index contributed by atoms with van der Waals surface area (Å²) in [6.07, 6.45) is 5.10. The Labute approximate surface area is 175 Å². The van der Waals surface area contributed by atoms with Crippen LogP contribution in [0.25, 0.3) is 10.6 Å². The van der Waals surface area contributed by atoms with Gasteiger partial charge in [0, 0.05) is 30.9 Å². The van der Waals surface area contributed by atoms with E-state index in [2.05, 4.69) is 20.2 Å². The predicted octanol–water partition coefficient (Wildman–Crippen LogP) is 3.25. The molecule has 10 heteroatoms. The molecule has 5 N–H and O–H groups in total. The number of nitrogen functional groups attached to an aromatic ring is 1. The van der Waals surface area contributed by atoms with Crippen LogP contribution >= 0.6 is 11.3 Å². The molecule has 1 saturated heterocycles. The van der Waals surface area contributed by atoms with Gasteiger partial charge in [-0.3, -0.25) is 9.78 Å². The minimum absolute atomic E-state index is 0.0462. The monoisotopic (exact) mass is 430 g/mol. The molecule has 0 saturated carbocycles. The number of nitrogens with one attached hydrogen (secondary N) is 1. The maximum absolute atomic E-state index is 14.1. The van der Waals surface area contributed by atoms with Crippen molar-refractivity contribution in [3.63, 3.8) is 0 Å². The van der Waals surface area contributed by atoms with E-state index >= 15 is 0 Å². The second-order valence-electron chi connectivity index (χ2n) is 7.03. The van der Waals surface area contributed by atoms with Crippen LogP contribution in [0.3, 0.4) is 0 Å². The van der Waals surface area contributed by atoms with Crippen molar-refractivity contribution in [2.24, 2.45) is 5.73 Å². The number of amides is 1. The fourth-order valence-corrected chi connectivity index (χ4v) is 4.30. The summed E-state index contributed by atoms with van der Waals surface area (Å²) in [6.45, 7) is 1.50. The number of nitrogens with zero attached hydrogens (tertiary/aromatic N) is 3. The zero-order valence-electron chi connectivity index (χ0n) is 15.9. The Balaban J connectivity index is 1.60. The third-order valence-electron chi connectivity index (χ3n) is 4.90. The average Bonchev–Trinajstić information content (AvgIpc) is 3.12. The highest BCUT2D eigenvalue weighted by atomic mass is 32.1. The smallest absolute Gasteiger partial charge is 0.277 e. The molecule has 3 heterocycles. The number of hydrogen-bond acceptors (Lipinski definition) is 7. The quantitative estimate of drug-likeness (QED) is 0.586. The van der Waals surface area contributed by atoms with Gasteiger partial charge in [-0.05, 0) is 31.0 Å². The Morgan fingerprint density at radius 1 is 1.30 bits per heavy atom. The van der Waals surface area contributed by atoms with E-state index in [9.17, 15) is 13.6 Å². The molecular formula is C20H20F2N6OS. The number of piperidine rings is 1. The largest absolute Gasteiger partial charge is 0.389 e. The SMILES string of the molecule is Nc1sc(-c2cccc(F)c2F)nc1C(=O)Nc1cnccc1N1CCCC(N)C1. The summed E-state index contributed by atoms with van der Waals surface area (Å²) in [5.74, 6) is -2.58. The lowest BCUT2D eigenvalue weighted by molar-refractivity contribution is 0.102. The van der Waals surface area contributed by atoms with Gasteiger partial charge in [0.15, 0.2) is 17.3 Å². The molecule has 1 aliphatic rings. The van der Waals surface area contributed by atoms with Crippen molar-refractivity contribution >= 4 is 33.6 Å². The maximum atomic E-state index is 14.1. The first kappa shape index (κ1) is 20.2. The van der Waals surface area contributed by atoms with Crippen molar-refractivity contribution in [1.82, 2.24) is 9.97 Å². The van der Waals surface area contributed by atoms with Gasteiger partial charge in [-0.2, -0.15) is 0 Å². The molecule has 2 aromatic heterocycles. The van der Waals surface area contributed by atoms with Gasteiger partial charge in [-0.1, -0.05) is 17.4 Å². The van der Waals surface area contributed by atoms with Gasteiger partial charge < -0.3 is 21.7 Å². The third-order valence-corrected chi connectivity index (χ3v) is 5.81. The third kappa shape index (κ3) is 3.96. The standard InChI is InChI=1S/C20H20F2N6OS/c21-13-5-1-4-12(16(13)22)20-27-17(18(24)30-20)19(29)26-14-9-25-7-6-15(14)28-8-2-3-11(23)10-28/h1,4-7,9,11H,2-3,8,10,23-24H2,(H,26,29). The Bertz CT molecular complexity index is 1090. The second kappa shape index (κ2) is 8.33. The van der Waals surface area contributed by atoms with E-state index in [0.29, 0.717) is 12.2 Å². The molecule has 0 bridgehead atoms. The number of nitrogens with two attached hydrogens (primary N) is 2. The molecule has 1 fully saturated rings. The van der Waals surface area contributed by atoms with Crippen molar-refractivity contribution < 1.29 is 13.6 Å². The number of aromatic nitrogens is 2. The van der Waals surface area contributed by atoms with E-state index < -0.39 is 17.5 Å². The van der Waals surface area contributed by atoms with Gasteiger partial charge in [0.1, 0.15) is 10.0 Å². The summed E-state index contributed by atoms with van der Waals surface area (Å²) in [6, 6.07) is 5.65. The zero-order chi connectivity index (χ0) is 21.3. The molecule has 30 heavy (non-hydrogen) atoms. The van der Waals surface area contributed by atoms with Crippen molar-refractivity contribution in [3.8, 4) is 10.6 Å². The molecule has 0 spiro atoms. The van der Waals surface area contributed by atoms with E-state index in [0.717, 1.165) is 42.5 Å². The number of pyridine rings is 1. The Kier molecular flexibility index (Phi) is 5.60. The van der Waals surface area contributed by atoms with Crippen molar-refractivity contribution in [3.05, 3.63) is 54.0 Å². The van der Waals surface area contributed by atoms with Gasteiger partial charge >= 0.3 is 0 Å². The molecule has 1 aliphatic heterocycles. The summed E-state index contributed by atoms with van der Waals surface area (Å²) in [5.41, 5.74) is 13.2. The fourth-order valence-electron chi connectivity index (χ4n) is 3.45. The van der Waals surface area contributed by atoms with Crippen molar-refractivity contribution in [2.75, 3.05) is 29.0 Å². The van der Waals surface area contributed by atoms with Gasteiger partial charge in [-0.15, -0.1) is 0 Å². The van der Waals surface area contributed by atoms with E-state index in [-0.39, 0.29) is 27.3 Å². The molecule has 0 aliphatic carbocycles. The van der Waals surface area contributed by atoms with Crippen LogP contribution < -0.4 is 21.7 Å². The van der Waals surface area contributed by atoms with Gasteiger partial charge in [0.25, 0.3) is 5.91 Å². The fraction of sp³-hybridized carbons (Fsp3) is 0.250. The van der Waals surface area contributed by atoms with E-state index in [4.69, 9.17) is 11.5 Å². The number of rotatable bonds is 4. The van der Waals surface area contributed by atoms with Crippen LogP contribution in [-0.2, 0) is 0 Å². The van der Waals surface area contributed by atoms with Crippen LogP contribution in [0.5, 0.6) is 0 Å². The summed E-state index contributed by atoms with van der Waals surface area (Å²) in [4.78, 5) is 23.2. The summed E-state index contributed by atoms with van der Waals surface area (Å²) in [5, 5.41) is 3.02. The molecular weight excluding hydrogens is 410 g/mol. The molecule has 4 rings (SSSR count). The number of benzene rings is 1. The minimum atomic E-state index is -1.03. The number of carbonyl (C=O) groups is 1. The Morgan fingerprint density at radius 3 is 2.93 bits per heavy atom. The molecule has 1 unspecified atom stereocenters. The first-order valence-corrected chi connectivity index (χ1v) is 10.2. The van der Waals surface area contributed by atoms with E-state index in [1.807, 2.05) is 6.07 Å². The molecule has 3 aromatic rings. The Morgan fingerprint density at radius 2 is 2.13 bits per heavy atom.